The molecule has 1 heterocycles. The second-order valence-corrected chi connectivity index (χ2v) is 7.23. The highest BCUT2D eigenvalue weighted by Gasteiger charge is 2.27. The number of carbonyl (C=O) groups excluding carboxylic acids is 3. The predicted molar refractivity (Wildman–Crippen MR) is 113 cm³/mol. The molecule has 1 aromatic carbocycles. The second-order valence-electron chi connectivity index (χ2n) is 7.23. The number of hydrogen-bond acceptors (Lipinski definition) is 4. The van der Waals surface area contributed by atoms with Gasteiger partial charge in [-0.2, -0.15) is 0 Å². The number of aromatic nitrogens is 1. The molecular weight excluding hydrogens is 368 g/mol. The number of rotatable bonds is 8. The van der Waals surface area contributed by atoms with E-state index in [4.69, 9.17) is 4.74 Å². The minimum Gasteiger partial charge on any atom is -0.461 e. The van der Waals surface area contributed by atoms with E-state index in [-0.39, 0.29) is 24.8 Å². The Balaban J connectivity index is 2.33. The van der Waals surface area contributed by atoms with Crippen LogP contribution in [0, 0.1) is 20.8 Å². The van der Waals surface area contributed by atoms with Crippen molar-refractivity contribution < 1.29 is 19.1 Å². The summed E-state index contributed by atoms with van der Waals surface area (Å²) in [4.78, 5) is 40.0. The molecule has 2 aromatic rings. The second kappa shape index (κ2) is 9.54. The summed E-state index contributed by atoms with van der Waals surface area (Å²) in [6, 6.07) is 7.33. The Labute approximate surface area is 172 Å². The molecule has 0 saturated heterocycles. The molecule has 0 saturated carbocycles. The molecule has 2 rings (SSSR count). The summed E-state index contributed by atoms with van der Waals surface area (Å²) in [5.74, 6) is -0.798. The van der Waals surface area contributed by atoms with Crippen molar-refractivity contribution in [2.24, 2.45) is 7.05 Å². The zero-order valence-electron chi connectivity index (χ0n) is 18.2. The van der Waals surface area contributed by atoms with E-state index in [1.54, 1.807) is 49.4 Å². The minimum absolute atomic E-state index is 0.0332. The first-order valence-corrected chi connectivity index (χ1v) is 9.94. The molecule has 0 aliphatic rings. The van der Waals surface area contributed by atoms with E-state index in [2.05, 4.69) is 0 Å². The molecule has 29 heavy (non-hydrogen) atoms. The summed E-state index contributed by atoms with van der Waals surface area (Å²) >= 11 is 0. The number of amides is 1. The summed E-state index contributed by atoms with van der Waals surface area (Å²) in [6.45, 7) is 9.94. The summed E-state index contributed by atoms with van der Waals surface area (Å²) in [7, 11) is 1.74. The van der Waals surface area contributed by atoms with Crippen LogP contribution in [0.5, 0.6) is 0 Å². The summed E-state index contributed by atoms with van der Waals surface area (Å²) in [5, 5.41) is 0. The number of aryl methyl sites for hydroxylation is 1. The largest absolute Gasteiger partial charge is 0.461 e. The number of ether oxygens (including phenoxy) is 1. The number of Topliss-reactive ketones (excluding diaryl/α,β-unsaturated/α-hetero) is 1. The first-order chi connectivity index (χ1) is 13.7. The van der Waals surface area contributed by atoms with Crippen molar-refractivity contribution in [3.05, 3.63) is 57.9 Å². The van der Waals surface area contributed by atoms with Gasteiger partial charge in [-0.25, -0.2) is 4.79 Å². The van der Waals surface area contributed by atoms with E-state index in [9.17, 15) is 14.4 Å². The van der Waals surface area contributed by atoms with Crippen molar-refractivity contribution >= 4 is 17.7 Å². The maximum Gasteiger partial charge on any atom is 0.355 e. The molecule has 0 bridgehead atoms. The van der Waals surface area contributed by atoms with Crippen LogP contribution in [0.25, 0.3) is 0 Å². The van der Waals surface area contributed by atoms with Crippen molar-refractivity contribution in [1.82, 2.24) is 9.47 Å². The van der Waals surface area contributed by atoms with Gasteiger partial charge in [0.05, 0.1) is 13.2 Å². The van der Waals surface area contributed by atoms with E-state index in [0.717, 1.165) is 12.0 Å². The van der Waals surface area contributed by atoms with Gasteiger partial charge in [-0.05, 0) is 51.8 Å². The molecular formula is C23H30N2O4. The Hall–Kier alpha value is -2.89. The quantitative estimate of drug-likeness (QED) is 0.500. The van der Waals surface area contributed by atoms with Gasteiger partial charge < -0.3 is 14.2 Å². The Bertz CT molecular complexity index is 910. The topological polar surface area (TPSA) is 68.6 Å². The predicted octanol–water partition coefficient (Wildman–Crippen LogP) is 3.86. The van der Waals surface area contributed by atoms with Crippen LogP contribution in [0.15, 0.2) is 24.3 Å². The molecule has 6 heteroatoms. The van der Waals surface area contributed by atoms with E-state index in [0.29, 0.717) is 34.6 Å². The highest BCUT2D eigenvalue weighted by atomic mass is 16.5. The molecule has 1 aromatic heterocycles. The van der Waals surface area contributed by atoms with Gasteiger partial charge in [0.2, 0.25) is 0 Å². The highest BCUT2D eigenvalue weighted by molar-refractivity contribution is 6.06. The Morgan fingerprint density at radius 3 is 2.21 bits per heavy atom. The van der Waals surface area contributed by atoms with Gasteiger partial charge in [-0.15, -0.1) is 0 Å². The third kappa shape index (κ3) is 4.75. The lowest BCUT2D eigenvalue weighted by molar-refractivity contribution is 0.0514. The van der Waals surface area contributed by atoms with Crippen molar-refractivity contribution in [1.29, 1.82) is 0 Å². The van der Waals surface area contributed by atoms with Gasteiger partial charge in [0.25, 0.3) is 5.91 Å². The lowest BCUT2D eigenvalue weighted by Gasteiger charge is -2.22. The van der Waals surface area contributed by atoms with E-state index in [1.807, 2.05) is 26.0 Å². The van der Waals surface area contributed by atoms with Gasteiger partial charge in [-0.1, -0.05) is 24.6 Å². The maximum atomic E-state index is 13.1. The molecule has 1 amide bonds. The van der Waals surface area contributed by atoms with E-state index in [1.165, 1.54) is 0 Å². The Morgan fingerprint density at radius 2 is 1.66 bits per heavy atom. The molecule has 0 N–H and O–H groups in total. The Kier molecular flexibility index (Phi) is 7.37. The first-order valence-electron chi connectivity index (χ1n) is 9.94. The Morgan fingerprint density at radius 1 is 1.03 bits per heavy atom. The lowest BCUT2D eigenvalue weighted by Crippen LogP contribution is -2.36. The van der Waals surface area contributed by atoms with Gasteiger partial charge in [0.15, 0.2) is 5.78 Å². The zero-order valence-corrected chi connectivity index (χ0v) is 18.2. The van der Waals surface area contributed by atoms with Gasteiger partial charge >= 0.3 is 5.97 Å². The molecule has 0 unspecified atom stereocenters. The van der Waals surface area contributed by atoms with E-state index < -0.39 is 5.97 Å². The fourth-order valence-electron chi connectivity index (χ4n) is 3.53. The number of ketones is 1. The number of carbonyl (C=O) groups is 3. The van der Waals surface area contributed by atoms with Crippen molar-refractivity contribution in [2.75, 3.05) is 19.7 Å². The van der Waals surface area contributed by atoms with Crippen molar-refractivity contribution in [3.8, 4) is 0 Å². The molecule has 0 radical (unpaired) electrons. The van der Waals surface area contributed by atoms with Crippen LogP contribution in [-0.2, 0) is 11.8 Å². The lowest BCUT2D eigenvalue weighted by atomic mass is 10.0. The smallest absolute Gasteiger partial charge is 0.355 e. The minimum atomic E-state index is -0.448. The van der Waals surface area contributed by atoms with Crippen LogP contribution >= 0.6 is 0 Å². The third-order valence-corrected chi connectivity index (χ3v) is 5.09. The molecule has 0 fully saturated rings. The summed E-state index contributed by atoms with van der Waals surface area (Å²) in [6.07, 6.45) is 0.742. The van der Waals surface area contributed by atoms with Crippen LogP contribution in [0.3, 0.4) is 0 Å². The molecule has 6 nitrogen and oxygen atoms in total. The third-order valence-electron chi connectivity index (χ3n) is 5.09. The zero-order chi connectivity index (χ0) is 21.7. The maximum absolute atomic E-state index is 13.1. The van der Waals surface area contributed by atoms with Gasteiger partial charge in [0.1, 0.15) is 5.69 Å². The molecule has 0 aliphatic heterocycles. The number of nitrogens with zero attached hydrogens (tertiary/aromatic N) is 2. The van der Waals surface area contributed by atoms with Crippen LogP contribution in [-0.4, -0.2) is 46.8 Å². The van der Waals surface area contributed by atoms with Crippen LogP contribution < -0.4 is 0 Å². The van der Waals surface area contributed by atoms with E-state index >= 15 is 0 Å². The summed E-state index contributed by atoms with van der Waals surface area (Å²) < 4.78 is 6.81. The van der Waals surface area contributed by atoms with Gasteiger partial charge in [-0.3, -0.25) is 9.59 Å². The van der Waals surface area contributed by atoms with Crippen molar-refractivity contribution in [2.45, 2.75) is 41.0 Å². The van der Waals surface area contributed by atoms with Crippen LogP contribution in [0.2, 0.25) is 0 Å². The molecule has 0 spiro atoms. The van der Waals surface area contributed by atoms with Crippen molar-refractivity contribution in [3.63, 3.8) is 0 Å². The number of hydrogen-bond donors (Lipinski definition) is 0. The average Bonchev–Trinajstić information content (AvgIpc) is 2.90. The van der Waals surface area contributed by atoms with Crippen LogP contribution in [0.1, 0.15) is 68.3 Å². The fourth-order valence-corrected chi connectivity index (χ4v) is 3.53. The number of benzene rings is 1. The average molecular weight is 399 g/mol. The monoisotopic (exact) mass is 398 g/mol. The summed E-state index contributed by atoms with van der Waals surface area (Å²) in [5.41, 5.74) is 3.77. The fraction of sp³-hybridized carbons (Fsp3) is 0.435. The standard InChI is InChI=1S/C23H30N2O4/c1-7-13-25(22(27)18-11-9-15(3)10-12-18)14-19(26)20-16(4)21(23(28)29-8-2)24(6)17(20)5/h9-12H,7-8,13-14H2,1-6H3. The molecule has 156 valence electrons. The first kappa shape index (κ1) is 22.4. The molecule has 0 atom stereocenters. The highest BCUT2D eigenvalue weighted by Crippen LogP contribution is 2.23. The normalized spacial score (nSPS) is 10.7. The van der Waals surface area contributed by atoms with Crippen LogP contribution in [0.4, 0.5) is 0 Å². The van der Waals surface area contributed by atoms with Gasteiger partial charge in [0, 0.05) is 30.4 Å². The SMILES string of the molecule is CCCN(CC(=O)c1c(C)c(C(=O)OCC)n(C)c1C)C(=O)c1ccc(C)cc1. The molecule has 0 aliphatic carbocycles. The number of esters is 1.